The normalized spacial score (nSPS) is 20.6. The fourth-order valence-electron chi connectivity index (χ4n) is 3.11. The summed E-state index contributed by atoms with van der Waals surface area (Å²) in [6.07, 6.45) is 0. The van der Waals surface area contributed by atoms with Crippen LogP contribution in [0.25, 0.3) is 0 Å². The summed E-state index contributed by atoms with van der Waals surface area (Å²) in [5, 5.41) is 11.2. The lowest BCUT2D eigenvalue weighted by molar-refractivity contribution is -0.123. The summed E-state index contributed by atoms with van der Waals surface area (Å²) in [7, 11) is 0. The fourth-order valence-corrected chi connectivity index (χ4v) is 3.11. The van der Waals surface area contributed by atoms with Crippen molar-refractivity contribution in [3.8, 4) is 0 Å². The summed E-state index contributed by atoms with van der Waals surface area (Å²) in [4.78, 5) is 38.4. The molecule has 8 nitrogen and oxygen atoms in total. The van der Waals surface area contributed by atoms with Gasteiger partial charge in [0.05, 0.1) is 5.69 Å². The van der Waals surface area contributed by atoms with Gasteiger partial charge in [-0.05, 0) is 42.5 Å². The average Bonchev–Trinajstić information content (AvgIpc) is 3.16. The number of benzene rings is 2. The highest BCUT2D eigenvalue weighted by Crippen LogP contribution is 2.31. The van der Waals surface area contributed by atoms with Crippen molar-refractivity contribution in [2.24, 2.45) is 10.3 Å². The van der Waals surface area contributed by atoms with Gasteiger partial charge in [-0.1, -0.05) is 11.3 Å². The number of nitrogens with one attached hydrogen (secondary N) is 1. The minimum atomic E-state index is -1.07. The number of amides is 3. The van der Waals surface area contributed by atoms with Crippen molar-refractivity contribution in [1.29, 1.82) is 0 Å². The molecule has 2 aliphatic rings. The highest BCUT2D eigenvalue weighted by molar-refractivity contribution is 6.25. The van der Waals surface area contributed by atoms with E-state index in [1.54, 1.807) is 0 Å². The second-order valence-electron chi connectivity index (χ2n) is 6.24. The Kier molecular flexibility index (Phi) is 4.30. The largest absolute Gasteiger partial charge is 0.324 e. The molecule has 3 amide bonds. The molecule has 2 aromatic rings. The number of imide groups is 1. The molecule has 2 aliphatic heterocycles. The molecule has 4 rings (SSSR count). The lowest BCUT2D eigenvalue weighted by atomic mass is 10.1. The number of halogens is 2. The Balaban J connectivity index is 1.48. The maximum absolute atomic E-state index is 13.2. The topological polar surface area (TPSA) is 94.4 Å². The molecule has 1 fully saturated rings. The number of hydrogen-bond donors (Lipinski definition) is 1. The van der Waals surface area contributed by atoms with E-state index in [9.17, 15) is 23.2 Å². The van der Waals surface area contributed by atoms with Gasteiger partial charge in [-0.25, -0.2) is 13.7 Å². The molecule has 0 spiro atoms. The van der Waals surface area contributed by atoms with E-state index in [4.69, 9.17) is 0 Å². The van der Waals surface area contributed by atoms with Gasteiger partial charge in [-0.15, -0.1) is 0 Å². The minimum Gasteiger partial charge on any atom is -0.324 e. The minimum absolute atomic E-state index is 0.213. The van der Waals surface area contributed by atoms with E-state index in [2.05, 4.69) is 15.7 Å². The van der Waals surface area contributed by atoms with Crippen molar-refractivity contribution in [2.75, 3.05) is 16.8 Å². The predicted molar refractivity (Wildman–Crippen MR) is 93.1 cm³/mol. The summed E-state index contributed by atoms with van der Waals surface area (Å²) in [5.41, 5.74) is 0.463. The number of rotatable bonds is 4. The highest BCUT2D eigenvalue weighted by atomic mass is 19.1. The molecule has 0 radical (unpaired) electrons. The van der Waals surface area contributed by atoms with Crippen molar-refractivity contribution in [3.05, 3.63) is 60.2 Å². The number of carbonyl (C=O) groups is 3. The molecule has 0 aliphatic carbocycles. The van der Waals surface area contributed by atoms with Crippen LogP contribution in [-0.4, -0.2) is 41.4 Å². The molecule has 1 N–H and O–H groups in total. The first-order chi connectivity index (χ1) is 13.4. The van der Waals surface area contributed by atoms with Crippen LogP contribution in [0.1, 0.15) is 0 Å². The van der Waals surface area contributed by atoms with E-state index >= 15 is 0 Å². The highest BCUT2D eigenvalue weighted by Gasteiger charge is 2.55. The van der Waals surface area contributed by atoms with Crippen LogP contribution in [0.2, 0.25) is 0 Å². The standard InChI is InChI=1S/C18H13F2N5O3/c19-10-4-6-13(7-5-10)25-17(27)15-16(18(25)28)24(23-22-15)9-14(26)21-12-3-1-2-11(20)8-12/h1-8,15-16H,9H2,(H,21,26). The molecule has 0 bridgehead atoms. The molecular formula is C18H13F2N5O3. The molecule has 2 aromatic carbocycles. The van der Waals surface area contributed by atoms with Crippen LogP contribution in [0.5, 0.6) is 0 Å². The Labute approximate surface area is 157 Å². The molecule has 2 unspecified atom stereocenters. The number of anilines is 2. The number of carbonyl (C=O) groups excluding carboxylic acids is 3. The van der Waals surface area contributed by atoms with Crippen LogP contribution in [0.15, 0.2) is 58.9 Å². The second kappa shape index (κ2) is 6.80. The summed E-state index contributed by atoms with van der Waals surface area (Å²) in [5.74, 6) is -2.77. The van der Waals surface area contributed by atoms with Gasteiger partial charge in [0.1, 0.15) is 18.2 Å². The number of nitrogens with zero attached hydrogens (tertiary/aromatic N) is 4. The Morgan fingerprint density at radius 3 is 2.50 bits per heavy atom. The van der Waals surface area contributed by atoms with Crippen LogP contribution < -0.4 is 10.2 Å². The number of hydrogen-bond acceptors (Lipinski definition) is 6. The molecule has 142 valence electrons. The van der Waals surface area contributed by atoms with E-state index in [0.717, 1.165) is 28.1 Å². The van der Waals surface area contributed by atoms with E-state index < -0.39 is 41.4 Å². The van der Waals surface area contributed by atoms with Crippen LogP contribution in [0, 0.1) is 11.6 Å². The Morgan fingerprint density at radius 1 is 1.04 bits per heavy atom. The van der Waals surface area contributed by atoms with E-state index in [0.29, 0.717) is 0 Å². The molecule has 2 heterocycles. The third-order valence-electron chi connectivity index (χ3n) is 4.36. The van der Waals surface area contributed by atoms with Gasteiger partial charge in [-0.3, -0.25) is 19.4 Å². The van der Waals surface area contributed by atoms with Gasteiger partial charge in [0.2, 0.25) is 5.91 Å². The molecule has 1 saturated heterocycles. The van der Waals surface area contributed by atoms with Crippen molar-refractivity contribution >= 4 is 29.1 Å². The summed E-state index contributed by atoms with van der Waals surface area (Å²) in [6, 6.07) is 8.09. The molecule has 28 heavy (non-hydrogen) atoms. The molecule has 10 heteroatoms. The van der Waals surface area contributed by atoms with Gasteiger partial charge < -0.3 is 5.32 Å². The van der Waals surface area contributed by atoms with Crippen LogP contribution in [-0.2, 0) is 14.4 Å². The third kappa shape index (κ3) is 3.08. The van der Waals surface area contributed by atoms with Gasteiger partial charge in [-0.2, -0.15) is 5.11 Å². The zero-order valence-corrected chi connectivity index (χ0v) is 14.3. The fraction of sp³-hybridized carbons (Fsp3) is 0.167. The van der Waals surface area contributed by atoms with Crippen molar-refractivity contribution in [1.82, 2.24) is 5.01 Å². The van der Waals surface area contributed by atoms with Crippen LogP contribution in [0.3, 0.4) is 0 Å². The van der Waals surface area contributed by atoms with E-state index in [-0.39, 0.29) is 17.9 Å². The number of fused-ring (bicyclic) bond motifs is 1. The van der Waals surface area contributed by atoms with Gasteiger partial charge >= 0.3 is 0 Å². The lowest BCUT2D eigenvalue weighted by Gasteiger charge is -2.20. The summed E-state index contributed by atoms with van der Waals surface area (Å²) < 4.78 is 26.3. The molecule has 2 atom stereocenters. The summed E-state index contributed by atoms with van der Waals surface area (Å²) in [6.45, 7) is -0.350. The van der Waals surface area contributed by atoms with Crippen molar-refractivity contribution < 1.29 is 23.2 Å². The summed E-state index contributed by atoms with van der Waals surface area (Å²) >= 11 is 0. The van der Waals surface area contributed by atoms with E-state index in [1.807, 2.05) is 0 Å². The molecular weight excluding hydrogens is 372 g/mol. The Hall–Kier alpha value is -3.69. The SMILES string of the molecule is O=C(CN1N=NC2C(=O)N(c3ccc(F)cc3)C(=O)C21)Nc1cccc(F)c1. The average molecular weight is 385 g/mol. The van der Waals surface area contributed by atoms with Crippen molar-refractivity contribution in [2.45, 2.75) is 12.1 Å². The first kappa shape index (κ1) is 17.7. The quantitative estimate of drug-likeness (QED) is 0.814. The monoisotopic (exact) mass is 385 g/mol. The predicted octanol–water partition coefficient (Wildman–Crippen LogP) is 1.90. The van der Waals surface area contributed by atoms with Gasteiger partial charge in [0.15, 0.2) is 12.1 Å². The van der Waals surface area contributed by atoms with Crippen LogP contribution >= 0.6 is 0 Å². The molecule has 0 aromatic heterocycles. The first-order valence-electron chi connectivity index (χ1n) is 8.30. The van der Waals surface area contributed by atoms with Crippen LogP contribution in [0.4, 0.5) is 20.2 Å². The first-order valence-corrected chi connectivity index (χ1v) is 8.30. The smallest absolute Gasteiger partial charge is 0.263 e. The second-order valence-corrected chi connectivity index (χ2v) is 6.24. The van der Waals surface area contributed by atoms with Gasteiger partial charge in [0.25, 0.3) is 11.8 Å². The van der Waals surface area contributed by atoms with Gasteiger partial charge in [0, 0.05) is 5.69 Å². The molecule has 0 saturated carbocycles. The third-order valence-corrected chi connectivity index (χ3v) is 4.36. The van der Waals surface area contributed by atoms with E-state index in [1.165, 1.54) is 30.3 Å². The zero-order valence-electron chi connectivity index (χ0n) is 14.3. The van der Waals surface area contributed by atoms with Crippen molar-refractivity contribution in [3.63, 3.8) is 0 Å². The lowest BCUT2D eigenvalue weighted by Crippen LogP contribution is -2.43. The Bertz CT molecular complexity index is 995. The Morgan fingerprint density at radius 2 is 1.79 bits per heavy atom. The zero-order chi connectivity index (χ0) is 19.8. The maximum Gasteiger partial charge on any atom is 0.263 e. The maximum atomic E-state index is 13.2.